The molecular formula is C15H24N2O8. The first-order valence-electron chi connectivity index (χ1n) is 7.59. The number of rotatable bonds is 10. The Labute approximate surface area is 145 Å². The van der Waals surface area contributed by atoms with Crippen molar-refractivity contribution in [1.29, 1.82) is 0 Å². The first kappa shape index (κ1) is 22.4. The zero-order valence-corrected chi connectivity index (χ0v) is 14.7. The lowest BCUT2D eigenvalue weighted by molar-refractivity contribution is -0.162. The van der Waals surface area contributed by atoms with Crippen LogP contribution in [0.3, 0.4) is 0 Å². The number of ether oxygens (including phenoxy) is 3. The fourth-order valence-electron chi connectivity index (χ4n) is 2.13. The molecule has 2 amide bonds. The van der Waals surface area contributed by atoms with Gasteiger partial charge in [0.05, 0.1) is 27.2 Å². The SMILES string of the molecule is CCOC(=O)CCC(=O)N[C@H](C(N)=O)[C@@H](C)C(C(=O)OC)C(=O)OC. The first-order chi connectivity index (χ1) is 11.7. The van der Waals surface area contributed by atoms with Crippen molar-refractivity contribution in [3.05, 3.63) is 0 Å². The molecule has 3 N–H and O–H groups in total. The summed E-state index contributed by atoms with van der Waals surface area (Å²) in [6.07, 6.45) is -0.423. The second kappa shape index (κ2) is 11.0. The Bertz CT molecular complexity index is 504. The summed E-state index contributed by atoms with van der Waals surface area (Å²) in [6, 6.07) is -1.34. The summed E-state index contributed by atoms with van der Waals surface area (Å²) >= 11 is 0. The van der Waals surface area contributed by atoms with E-state index >= 15 is 0 Å². The molecule has 142 valence electrons. The molecule has 10 nitrogen and oxygen atoms in total. The van der Waals surface area contributed by atoms with Crippen LogP contribution in [-0.4, -0.2) is 56.6 Å². The van der Waals surface area contributed by atoms with Crippen LogP contribution in [0.1, 0.15) is 26.7 Å². The number of amides is 2. The molecule has 0 spiro atoms. The molecule has 0 aromatic rings. The number of esters is 3. The molecule has 25 heavy (non-hydrogen) atoms. The van der Waals surface area contributed by atoms with Gasteiger partial charge in [-0.2, -0.15) is 0 Å². The van der Waals surface area contributed by atoms with E-state index in [9.17, 15) is 24.0 Å². The monoisotopic (exact) mass is 360 g/mol. The van der Waals surface area contributed by atoms with E-state index in [4.69, 9.17) is 5.73 Å². The molecule has 0 rings (SSSR count). The fraction of sp³-hybridized carbons (Fsp3) is 0.667. The van der Waals surface area contributed by atoms with Gasteiger partial charge in [0.15, 0.2) is 5.92 Å². The van der Waals surface area contributed by atoms with Crippen LogP contribution >= 0.6 is 0 Å². The maximum atomic E-state index is 11.9. The second-order valence-electron chi connectivity index (χ2n) is 5.14. The van der Waals surface area contributed by atoms with E-state index in [1.54, 1.807) is 6.92 Å². The largest absolute Gasteiger partial charge is 0.468 e. The molecule has 0 saturated heterocycles. The summed E-state index contributed by atoms with van der Waals surface area (Å²) in [4.78, 5) is 58.4. The maximum absolute atomic E-state index is 11.9. The van der Waals surface area contributed by atoms with Crippen molar-refractivity contribution < 1.29 is 38.2 Å². The van der Waals surface area contributed by atoms with Crippen molar-refractivity contribution in [2.75, 3.05) is 20.8 Å². The smallest absolute Gasteiger partial charge is 0.320 e. The topological polar surface area (TPSA) is 151 Å². The lowest BCUT2D eigenvalue weighted by Gasteiger charge is -2.26. The molecule has 0 bridgehead atoms. The van der Waals surface area contributed by atoms with Gasteiger partial charge < -0.3 is 25.3 Å². The van der Waals surface area contributed by atoms with Gasteiger partial charge in [0.25, 0.3) is 0 Å². The highest BCUT2D eigenvalue weighted by Gasteiger charge is 2.41. The van der Waals surface area contributed by atoms with Gasteiger partial charge in [0.2, 0.25) is 11.8 Å². The summed E-state index contributed by atoms with van der Waals surface area (Å²) in [5, 5.41) is 2.32. The predicted octanol–water partition coefficient (Wildman–Crippen LogP) is -1.10. The summed E-state index contributed by atoms with van der Waals surface area (Å²) in [7, 11) is 2.14. The number of hydrogen-bond donors (Lipinski definition) is 2. The Hall–Kier alpha value is -2.65. The number of nitrogens with two attached hydrogens (primary N) is 1. The maximum Gasteiger partial charge on any atom is 0.320 e. The Morgan fingerprint density at radius 1 is 1.00 bits per heavy atom. The molecule has 0 aromatic heterocycles. The minimum Gasteiger partial charge on any atom is -0.468 e. The molecule has 0 aliphatic carbocycles. The molecule has 0 unspecified atom stereocenters. The summed E-state index contributed by atoms with van der Waals surface area (Å²) in [5.74, 6) is -6.49. The molecule has 0 aromatic carbocycles. The van der Waals surface area contributed by atoms with Crippen LogP contribution < -0.4 is 11.1 Å². The third kappa shape index (κ3) is 7.19. The summed E-state index contributed by atoms with van der Waals surface area (Å²) < 4.78 is 13.8. The highest BCUT2D eigenvalue weighted by molar-refractivity contribution is 5.97. The van der Waals surface area contributed by atoms with E-state index in [1.807, 2.05) is 0 Å². The molecule has 2 atom stereocenters. The van der Waals surface area contributed by atoms with Crippen molar-refractivity contribution in [1.82, 2.24) is 5.32 Å². The highest BCUT2D eigenvalue weighted by Crippen LogP contribution is 2.19. The predicted molar refractivity (Wildman–Crippen MR) is 83.7 cm³/mol. The third-order valence-electron chi connectivity index (χ3n) is 3.45. The molecular weight excluding hydrogens is 336 g/mol. The van der Waals surface area contributed by atoms with E-state index in [2.05, 4.69) is 19.5 Å². The Balaban J connectivity index is 5.09. The number of hydrogen-bond acceptors (Lipinski definition) is 8. The highest BCUT2D eigenvalue weighted by atomic mass is 16.5. The number of nitrogens with one attached hydrogen (secondary N) is 1. The normalized spacial score (nSPS) is 12.7. The summed E-state index contributed by atoms with van der Waals surface area (Å²) in [5.41, 5.74) is 5.26. The Morgan fingerprint density at radius 3 is 1.92 bits per heavy atom. The minimum absolute atomic E-state index is 0.182. The molecule has 0 aliphatic rings. The van der Waals surface area contributed by atoms with E-state index in [0.29, 0.717) is 0 Å². The standard InChI is InChI=1S/C15H24N2O8/c1-5-25-10(19)7-6-9(18)17-12(13(16)20)8(2)11(14(21)23-3)15(22)24-4/h8,11-12H,5-7H2,1-4H3,(H2,16,20)(H,17,18)/t8-,12-/m0/s1. The zero-order chi connectivity index (χ0) is 19.6. The van der Waals surface area contributed by atoms with Gasteiger partial charge in [-0.1, -0.05) is 6.92 Å². The van der Waals surface area contributed by atoms with E-state index < -0.39 is 47.6 Å². The van der Waals surface area contributed by atoms with Crippen molar-refractivity contribution in [3.63, 3.8) is 0 Å². The van der Waals surface area contributed by atoms with Crippen molar-refractivity contribution in [3.8, 4) is 0 Å². The number of carbonyl (C=O) groups is 5. The molecule has 0 radical (unpaired) electrons. The van der Waals surface area contributed by atoms with Crippen LogP contribution in [0.15, 0.2) is 0 Å². The Kier molecular flexibility index (Phi) is 9.83. The van der Waals surface area contributed by atoms with Gasteiger partial charge in [-0.05, 0) is 6.92 Å². The number of methoxy groups -OCH3 is 2. The van der Waals surface area contributed by atoms with Crippen LogP contribution in [0, 0.1) is 11.8 Å². The van der Waals surface area contributed by atoms with Crippen LogP contribution in [0.4, 0.5) is 0 Å². The van der Waals surface area contributed by atoms with E-state index in [1.165, 1.54) is 6.92 Å². The van der Waals surface area contributed by atoms with Crippen LogP contribution in [0.5, 0.6) is 0 Å². The number of primary amides is 1. The molecule has 0 aliphatic heterocycles. The van der Waals surface area contributed by atoms with E-state index in [0.717, 1.165) is 14.2 Å². The zero-order valence-electron chi connectivity index (χ0n) is 14.7. The second-order valence-corrected chi connectivity index (χ2v) is 5.14. The van der Waals surface area contributed by atoms with Crippen molar-refractivity contribution in [2.24, 2.45) is 17.6 Å². The lowest BCUT2D eigenvalue weighted by atomic mass is 9.86. The van der Waals surface area contributed by atoms with Gasteiger partial charge in [-0.25, -0.2) is 0 Å². The molecule has 0 saturated carbocycles. The van der Waals surface area contributed by atoms with Gasteiger partial charge in [-0.3, -0.25) is 24.0 Å². The summed E-state index contributed by atoms with van der Waals surface area (Å²) in [6.45, 7) is 3.18. The molecule has 0 fully saturated rings. The molecule has 10 heteroatoms. The van der Waals surface area contributed by atoms with Gasteiger partial charge >= 0.3 is 17.9 Å². The molecule has 0 heterocycles. The third-order valence-corrected chi connectivity index (χ3v) is 3.45. The van der Waals surface area contributed by atoms with Gasteiger partial charge in [0.1, 0.15) is 6.04 Å². The average Bonchev–Trinajstić information content (AvgIpc) is 2.57. The lowest BCUT2D eigenvalue weighted by Crippen LogP contribution is -2.52. The van der Waals surface area contributed by atoms with Crippen molar-refractivity contribution in [2.45, 2.75) is 32.7 Å². The van der Waals surface area contributed by atoms with Crippen LogP contribution in [0.25, 0.3) is 0 Å². The fourth-order valence-corrected chi connectivity index (χ4v) is 2.13. The first-order valence-corrected chi connectivity index (χ1v) is 7.59. The van der Waals surface area contributed by atoms with Gasteiger partial charge in [0, 0.05) is 12.3 Å². The van der Waals surface area contributed by atoms with Crippen molar-refractivity contribution >= 4 is 29.7 Å². The van der Waals surface area contributed by atoms with Gasteiger partial charge in [-0.15, -0.1) is 0 Å². The minimum atomic E-state index is -1.45. The number of carbonyl (C=O) groups excluding carboxylic acids is 5. The van der Waals surface area contributed by atoms with E-state index in [-0.39, 0.29) is 19.4 Å². The average molecular weight is 360 g/mol. The van der Waals surface area contributed by atoms with Crippen LogP contribution in [0.2, 0.25) is 0 Å². The Morgan fingerprint density at radius 2 is 1.52 bits per heavy atom. The van der Waals surface area contributed by atoms with Crippen LogP contribution in [-0.2, 0) is 38.2 Å². The quantitative estimate of drug-likeness (QED) is 0.283.